The van der Waals surface area contributed by atoms with Gasteiger partial charge >= 0.3 is 0 Å². The summed E-state index contributed by atoms with van der Waals surface area (Å²) in [6, 6.07) is 8.67. The van der Waals surface area contributed by atoms with Crippen molar-refractivity contribution in [2.75, 3.05) is 25.1 Å². The van der Waals surface area contributed by atoms with Crippen molar-refractivity contribution in [3.05, 3.63) is 39.3 Å². The Hall–Kier alpha value is -0.980. The highest BCUT2D eigenvalue weighted by Crippen LogP contribution is 2.42. The first-order valence-corrected chi connectivity index (χ1v) is 9.77. The van der Waals surface area contributed by atoms with E-state index < -0.39 is 0 Å². The largest absolute Gasteiger partial charge is 0.381 e. The average Bonchev–Trinajstić information content (AvgIpc) is 3.32. The molecule has 1 saturated heterocycles. The lowest BCUT2D eigenvalue weighted by Crippen LogP contribution is -2.40. The topological polar surface area (TPSA) is 47.0 Å². The number of nitrogens with zero attached hydrogens (tertiary/aromatic N) is 2. The van der Waals surface area contributed by atoms with Crippen LogP contribution in [0.1, 0.15) is 42.2 Å². The van der Waals surface area contributed by atoms with Crippen LogP contribution in [0, 0.1) is 0 Å². The van der Waals surface area contributed by atoms with Crippen molar-refractivity contribution < 1.29 is 4.74 Å². The lowest BCUT2D eigenvalue weighted by molar-refractivity contribution is 0.0543. The molecule has 0 atom stereocenters. The Bertz CT molecular complexity index is 680. The van der Waals surface area contributed by atoms with Crippen LogP contribution in [0.4, 0.5) is 5.13 Å². The van der Waals surface area contributed by atoms with Crippen molar-refractivity contribution in [1.82, 2.24) is 10.2 Å². The highest BCUT2D eigenvalue weighted by Gasteiger charge is 2.35. The Balaban J connectivity index is 1.53. The van der Waals surface area contributed by atoms with Gasteiger partial charge in [-0.3, -0.25) is 0 Å². The monoisotopic (exact) mass is 393 g/mol. The zero-order valence-electron chi connectivity index (χ0n) is 12.9. The average molecular weight is 394 g/mol. The SMILES string of the molecule is Brc1cccc(C2(CNc3nnc(C4CC4)s3)CCOCC2)c1. The predicted octanol–water partition coefficient (Wildman–Crippen LogP) is 4.34. The highest BCUT2D eigenvalue weighted by atomic mass is 79.9. The van der Waals surface area contributed by atoms with Crippen molar-refractivity contribution in [3.63, 3.8) is 0 Å². The molecule has 0 unspecified atom stereocenters. The summed E-state index contributed by atoms with van der Waals surface area (Å²) in [5.41, 5.74) is 1.47. The smallest absolute Gasteiger partial charge is 0.205 e. The minimum absolute atomic E-state index is 0.105. The Morgan fingerprint density at radius 1 is 1.26 bits per heavy atom. The summed E-state index contributed by atoms with van der Waals surface area (Å²) in [7, 11) is 0. The molecule has 0 bridgehead atoms. The number of nitrogens with one attached hydrogen (secondary N) is 1. The fraction of sp³-hybridized carbons (Fsp3) is 0.529. The van der Waals surface area contributed by atoms with Gasteiger partial charge in [-0.15, -0.1) is 10.2 Å². The summed E-state index contributed by atoms with van der Waals surface area (Å²) < 4.78 is 6.74. The van der Waals surface area contributed by atoms with Gasteiger partial charge in [0.15, 0.2) is 0 Å². The van der Waals surface area contributed by atoms with Crippen LogP contribution in [0.5, 0.6) is 0 Å². The molecular weight excluding hydrogens is 374 g/mol. The van der Waals surface area contributed by atoms with Crippen molar-refractivity contribution >= 4 is 32.4 Å². The number of halogens is 1. The van der Waals surface area contributed by atoms with Gasteiger partial charge in [0.25, 0.3) is 0 Å². The molecule has 0 amide bonds. The maximum atomic E-state index is 5.61. The molecule has 1 aromatic carbocycles. The second-order valence-corrected chi connectivity index (χ2v) is 8.40. The third-order valence-corrected chi connectivity index (χ3v) is 6.37. The van der Waals surface area contributed by atoms with Crippen LogP contribution in [-0.2, 0) is 10.2 Å². The fourth-order valence-corrected chi connectivity index (χ4v) is 4.50. The number of benzene rings is 1. The summed E-state index contributed by atoms with van der Waals surface area (Å²) in [4.78, 5) is 0. The van der Waals surface area contributed by atoms with Gasteiger partial charge in [-0.25, -0.2) is 0 Å². The van der Waals surface area contributed by atoms with Crippen molar-refractivity contribution in [3.8, 4) is 0 Å². The second kappa shape index (κ2) is 6.49. The molecule has 0 radical (unpaired) electrons. The van der Waals surface area contributed by atoms with Crippen LogP contribution >= 0.6 is 27.3 Å². The van der Waals surface area contributed by atoms with E-state index in [9.17, 15) is 0 Å². The molecule has 2 aromatic rings. The van der Waals surface area contributed by atoms with E-state index in [0.717, 1.165) is 42.2 Å². The molecule has 1 aliphatic heterocycles. The summed E-state index contributed by atoms with van der Waals surface area (Å²) in [6.07, 6.45) is 4.61. The molecule has 23 heavy (non-hydrogen) atoms. The molecule has 1 aromatic heterocycles. The fourth-order valence-electron chi connectivity index (χ4n) is 3.19. The van der Waals surface area contributed by atoms with Gasteiger partial charge in [0.2, 0.25) is 5.13 Å². The van der Waals surface area contributed by atoms with Crippen LogP contribution in [-0.4, -0.2) is 30.0 Å². The first-order chi connectivity index (χ1) is 11.3. The first-order valence-electron chi connectivity index (χ1n) is 8.16. The molecule has 0 spiro atoms. The van der Waals surface area contributed by atoms with Crippen LogP contribution in [0.15, 0.2) is 28.7 Å². The van der Waals surface area contributed by atoms with Crippen LogP contribution in [0.2, 0.25) is 0 Å². The highest BCUT2D eigenvalue weighted by molar-refractivity contribution is 9.10. The first kappa shape index (κ1) is 15.5. The van der Waals surface area contributed by atoms with Gasteiger partial charge in [-0.05, 0) is 43.4 Å². The molecule has 1 aliphatic carbocycles. The van der Waals surface area contributed by atoms with Crippen molar-refractivity contribution in [1.29, 1.82) is 0 Å². The number of hydrogen-bond donors (Lipinski definition) is 1. The Morgan fingerprint density at radius 2 is 2.09 bits per heavy atom. The Kier molecular flexibility index (Phi) is 4.39. The summed E-state index contributed by atoms with van der Waals surface area (Å²) in [5.74, 6) is 0.671. The third-order valence-electron chi connectivity index (χ3n) is 4.83. The zero-order chi connectivity index (χ0) is 15.7. The second-order valence-electron chi connectivity index (χ2n) is 6.48. The lowest BCUT2D eigenvalue weighted by Gasteiger charge is -2.38. The van der Waals surface area contributed by atoms with E-state index in [-0.39, 0.29) is 5.41 Å². The maximum Gasteiger partial charge on any atom is 0.205 e. The summed E-state index contributed by atoms with van der Waals surface area (Å²) >= 11 is 5.32. The van der Waals surface area contributed by atoms with Crippen LogP contribution in [0.25, 0.3) is 0 Å². The molecule has 122 valence electrons. The van der Waals surface area contributed by atoms with Gasteiger partial charge in [-0.2, -0.15) is 0 Å². The van der Waals surface area contributed by atoms with Gasteiger partial charge in [0, 0.05) is 35.6 Å². The van der Waals surface area contributed by atoms with E-state index >= 15 is 0 Å². The van der Waals surface area contributed by atoms with E-state index in [0.29, 0.717) is 5.92 Å². The quantitative estimate of drug-likeness (QED) is 0.820. The zero-order valence-corrected chi connectivity index (χ0v) is 15.3. The molecular formula is C17H20BrN3OS. The van der Waals surface area contributed by atoms with Crippen molar-refractivity contribution in [2.24, 2.45) is 0 Å². The van der Waals surface area contributed by atoms with Gasteiger partial charge in [0.05, 0.1) is 0 Å². The van der Waals surface area contributed by atoms with E-state index in [1.54, 1.807) is 11.3 Å². The van der Waals surface area contributed by atoms with Gasteiger partial charge in [0.1, 0.15) is 5.01 Å². The Labute approximate surface area is 148 Å². The Morgan fingerprint density at radius 3 is 2.83 bits per heavy atom. The van der Waals surface area contributed by atoms with E-state index in [2.05, 4.69) is 55.7 Å². The molecule has 1 saturated carbocycles. The third kappa shape index (κ3) is 3.44. The minimum Gasteiger partial charge on any atom is -0.381 e. The number of ether oxygens (including phenoxy) is 1. The molecule has 1 N–H and O–H groups in total. The lowest BCUT2D eigenvalue weighted by atomic mass is 9.74. The molecule has 2 fully saturated rings. The molecule has 2 aliphatic rings. The van der Waals surface area contributed by atoms with E-state index in [4.69, 9.17) is 4.74 Å². The summed E-state index contributed by atoms with van der Waals surface area (Å²) in [5, 5.41) is 14.3. The predicted molar refractivity (Wildman–Crippen MR) is 96.2 cm³/mol. The summed E-state index contributed by atoms with van der Waals surface area (Å²) in [6.45, 7) is 2.52. The van der Waals surface area contributed by atoms with Gasteiger partial charge in [-0.1, -0.05) is 39.4 Å². The minimum atomic E-state index is 0.105. The number of anilines is 1. The molecule has 2 heterocycles. The number of hydrogen-bond acceptors (Lipinski definition) is 5. The molecule has 4 nitrogen and oxygen atoms in total. The normalized spacial score (nSPS) is 20.4. The number of rotatable bonds is 5. The van der Waals surface area contributed by atoms with Gasteiger partial charge < -0.3 is 10.1 Å². The molecule has 4 rings (SSSR count). The maximum absolute atomic E-state index is 5.61. The number of aromatic nitrogens is 2. The van der Waals surface area contributed by atoms with E-state index in [1.165, 1.54) is 23.4 Å². The standard InChI is InChI=1S/C17H20BrN3OS/c18-14-3-1-2-13(10-14)17(6-8-22-9-7-17)11-19-16-21-20-15(23-16)12-4-5-12/h1-3,10,12H,4-9,11H2,(H,19,21). The van der Waals surface area contributed by atoms with E-state index in [1.807, 2.05) is 0 Å². The van der Waals surface area contributed by atoms with Crippen LogP contribution < -0.4 is 5.32 Å². The van der Waals surface area contributed by atoms with Crippen LogP contribution in [0.3, 0.4) is 0 Å². The van der Waals surface area contributed by atoms with Crippen molar-refractivity contribution in [2.45, 2.75) is 37.0 Å². The molecule has 6 heteroatoms.